The van der Waals surface area contributed by atoms with Crippen LogP contribution in [0.15, 0.2) is 42.0 Å². The summed E-state index contributed by atoms with van der Waals surface area (Å²) in [5.74, 6) is 0.238. The van der Waals surface area contributed by atoms with Gasteiger partial charge in [0.25, 0.3) is 0 Å². The maximum atomic E-state index is 15.1. The highest BCUT2D eigenvalue weighted by atomic mass is 35.5. The Bertz CT molecular complexity index is 1590. The van der Waals surface area contributed by atoms with Crippen LogP contribution in [0.5, 0.6) is 0 Å². The van der Waals surface area contributed by atoms with Gasteiger partial charge in [-0.05, 0) is 46.2 Å². The van der Waals surface area contributed by atoms with Gasteiger partial charge in [0.1, 0.15) is 17.2 Å². The topological polar surface area (TPSA) is 71.5 Å². The Labute approximate surface area is 235 Å². The van der Waals surface area contributed by atoms with Crippen LogP contribution >= 0.6 is 22.9 Å². The molecule has 1 aromatic carbocycles. The Morgan fingerprint density at radius 3 is 2.64 bits per heavy atom. The second-order valence-corrected chi connectivity index (χ2v) is 12.7. The number of benzene rings is 1. The number of pyridine rings is 2. The van der Waals surface area contributed by atoms with E-state index in [2.05, 4.69) is 9.88 Å². The van der Waals surface area contributed by atoms with Crippen LogP contribution in [0.1, 0.15) is 32.9 Å². The molecule has 0 bridgehead atoms. The van der Waals surface area contributed by atoms with Crippen molar-refractivity contribution in [2.45, 2.75) is 39.7 Å². The lowest BCUT2D eigenvalue weighted by atomic mass is 9.79. The van der Waals surface area contributed by atoms with Crippen LogP contribution in [-0.2, 0) is 4.74 Å². The molecule has 0 radical (unpaired) electrons. The minimum Gasteiger partial charge on any atom is -0.444 e. The highest BCUT2D eigenvalue weighted by Gasteiger charge is 2.51. The normalized spacial score (nSPS) is 16.7. The lowest BCUT2D eigenvalue weighted by molar-refractivity contribution is -0.0266. The summed E-state index contributed by atoms with van der Waals surface area (Å²) in [6, 6.07) is 8.58. The Morgan fingerprint density at radius 1 is 1.18 bits per heavy atom. The molecule has 0 unspecified atom stereocenters. The molecule has 5 heterocycles. The Kier molecular flexibility index (Phi) is 6.26. The largest absolute Gasteiger partial charge is 0.444 e. The zero-order valence-electron chi connectivity index (χ0n) is 22.3. The van der Waals surface area contributed by atoms with Crippen molar-refractivity contribution in [3.8, 4) is 21.6 Å². The van der Waals surface area contributed by atoms with Crippen molar-refractivity contribution >= 4 is 45.9 Å². The number of hydrogen-bond donors (Lipinski definition) is 0. The van der Waals surface area contributed by atoms with E-state index < -0.39 is 5.60 Å². The van der Waals surface area contributed by atoms with E-state index in [1.165, 1.54) is 6.07 Å². The van der Waals surface area contributed by atoms with E-state index >= 15 is 4.39 Å². The van der Waals surface area contributed by atoms with E-state index in [0.717, 1.165) is 29.1 Å². The first kappa shape index (κ1) is 26.0. The molecule has 10 heteroatoms. The molecular weight excluding hydrogens is 537 g/mol. The number of amides is 1. The molecule has 2 aliphatic rings. The van der Waals surface area contributed by atoms with E-state index in [4.69, 9.17) is 26.3 Å². The number of fused-ring (bicyclic) bond motifs is 1. The number of likely N-dealkylation sites (tertiary alicyclic amines) is 1. The number of carbonyl (C=O) groups is 1. The summed E-state index contributed by atoms with van der Waals surface area (Å²) in [6.07, 6.45) is 2.39. The summed E-state index contributed by atoms with van der Waals surface area (Å²) in [5.41, 5.74) is 5.18. The molecule has 1 spiro atoms. The van der Waals surface area contributed by atoms with Gasteiger partial charge in [0, 0.05) is 54.5 Å². The molecule has 0 aliphatic carbocycles. The van der Waals surface area contributed by atoms with E-state index in [-0.39, 0.29) is 17.3 Å². The number of thiazole rings is 1. The Morgan fingerprint density at radius 2 is 1.95 bits per heavy atom. The number of nitrogens with zero attached hydrogens (tertiary/aromatic N) is 5. The number of aromatic nitrogens is 3. The van der Waals surface area contributed by atoms with Gasteiger partial charge < -0.3 is 14.5 Å². The average molecular weight is 566 g/mol. The highest BCUT2D eigenvalue weighted by molar-refractivity contribution is 7.13. The van der Waals surface area contributed by atoms with Gasteiger partial charge in [-0.3, -0.25) is 4.98 Å². The standard InChI is InChI=1S/C29H29ClFN5O2S/c1-17-25(39-16-33-17)18-11-21-24(32-12-18)22(19-7-5-6-8-20(19)31)23(30)26(34-21)35-10-9-29(13-35)14-36(15-29)27(37)38-28(2,3)4/h5-8,11-12,16H,9-10,13-15H2,1-4H3. The molecule has 4 aromatic rings. The number of rotatable bonds is 3. The molecule has 1 amide bonds. The quantitative estimate of drug-likeness (QED) is 0.267. The smallest absolute Gasteiger partial charge is 0.410 e. The van der Waals surface area contributed by atoms with Crippen molar-refractivity contribution in [3.63, 3.8) is 0 Å². The van der Waals surface area contributed by atoms with Crippen molar-refractivity contribution in [3.05, 3.63) is 58.6 Å². The summed E-state index contributed by atoms with van der Waals surface area (Å²) in [5, 5.41) is 0.377. The molecule has 2 aliphatic heterocycles. The van der Waals surface area contributed by atoms with Gasteiger partial charge in [-0.25, -0.2) is 19.2 Å². The van der Waals surface area contributed by atoms with Gasteiger partial charge in [0.05, 0.1) is 32.1 Å². The summed E-state index contributed by atoms with van der Waals surface area (Å²) in [6.45, 7) is 10.3. The van der Waals surface area contributed by atoms with E-state index in [1.54, 1.807) is 40.6 Å². The molecule has 2 fully saturated rings. The van der Waals surface area contributed by atoms with Gasteiger partial charge in [0.15, 0.2) is 0 Å². The molecule has 7 nitrogen and oxygen atoms in total. The van der Waals surface area contributed by atoms with Gasteiger partial charge >= 0.3 is 6.09 Å². The van der Waals surface area contributed by atoms with Gasteiger partial charge in [-0.15, -0.1) is 11.3 Å². The maximum Gasteiger partial charge on any atom is 0.410 e. The second-order valence-electron chi connectivity index (χ2n) is 11.5. The molecule has 3 aromatic heterocycles. The second kappa shape index (κ2) is 9.41. The SMILES string of the molecule is Cc1ncsc1-c1cnc2c(-c3ccccc3F)c(Cl)c(N3CCC4(CN(C(=O)OC(C)(C)C)C4)C3)nc2c1. The maximum absolute atomic E-state index is 15.1. The number of hydrogen-bond acceptors (Lipinski definition) is 7. The van der Waals surface area contributed by atoms with E-state index in [9.17, 15) is 4.79 Å². The summed E-state index contributed by atoms with van der Waals surface area (Å²) < 4.78 is 20.6. The first-order valence-electron chi connectivity index (χ1n) is 12.9. The van der Waals surface area contributed by atoms with Crippen LogP contribution in [0.25, 0.3) is 32.6 Å². The summed E-state index contributed by atoms with van der Waals surface area (Å²) in [7, 11) is 0. The van der Waals surface area contributed by atoms with Crippen LogP contribution in [0.3, 0.4) is 0 Å². The Hall–Kier alpha value is -3.30. The van der Waals surface area contributed by atoms with E-state index in [0.29, 0.717) is 52.6 Å². The van der Waals surface area contributed by atoms with Crippen LogP contribution in [0, 0.1) is 18.2 Å². The third-order valence-corrected chi connectivity index (χ3v) is 8.68. The van der Waals surface area contributed by atoms with Crippen molar-refractivity contribution in [1.29, 1.82) is 0 Å². The molecule has 0 saturated carbocycles. The van der Waals surface area contributed by atoms with Crippen molar-refractivity contribution in [2.75, 3.05) is 31.1 Å². The Balaban J connectivity index is 1.38. The van der Waals surface area contributed by atoms with Crippen LogP contribution < -0.4 is 4.90 Å². The summed E-state index contributed by atoms with van der Waals surface area (Å²) in [4.78, 5) is 31.5. The third kappa shape index (κ3) is 4.72. The average Bonchev–Trinajstić information content (AvgIpc) is 3.49. The highest BCUT2D eigenvalue weighted by Crippen LogP contribution is 2.46. The van der Waals surface area contributed by atoms with Crippen LogP contribution in [0.2, 0.25) is 5.02 Å². The molecule has 0 atom stereocenters. The monoisotopic (exact) mass is 565 g/mol. The first-order chi connectivity index (χ1) is 18.5. The lowest BCUT2D eigenvalue weighted by Gasteiger charge is -2.47. The van der Waals surface area contributed by atoms with Gasteiger partial charge in [0.2, 0.25) is 0 Å². The fraction of sp³-hybridized carbons (Fsp3) is 0.379. The number of aryl methyl sites for hydroxylation is 1. The van der Waals surface area contributed by atoms with Crippen molar-refractivity contribution in [1.82, 2.24) is 19.9 Å². The molecule has 202 valence electrons. The first-order valence-corrected chi connectivity index (χ1v) is 14.2. The molecular formula is C29H29ClFN5O2S. The minimum absolute atomic E-state index is 0.0467. The molecule has 39 heavy (non-hydrogen) atoms. The zero-order valence-corrected chi connectivity index (χ0v) is 23.9. The van der Waals surface area contributed by atoms with E-state index in [1.807, 2.05) is 39.3 Å². The van der Waals surface area contributed by atoms with Crippen molar-refractivity contribution < 1.29 is 13.9 Å². The zero-order chi connectivity index (χ0) is 27.5. The predicted octanol–water partition coefficient (Wildman–Crippen LogP) is 6.97. The third-order valence-electron chi connectivity index (χ3n) is 7.34. The van der Waals surface area contributed by atoms with Gasteiger partial charge in [-0.2, -0.15) is 0 Å². The molecule has 0 N–H and O–H groups in total. The number of anilines is 1. The van der Waals surface area contributed by atoms with Crippen LogP contribution in [0.4, 0.5) is 15.0 Å². The van der Waals surface area contributed by atoms with Gasteiger partial charge in [-0.1, -0.05) is 29.8 Å². The molecule has 6 rings (SSSR count). The predicted molar refractivity (Wildman–Crippen MR) is 153 cm³/mol. The lowest BCUT2D eigenvalue weighted by Crippen LogP contribution is -2.60. The number of ether oxygens (including phenoxy) is 1. The fourth-order valence-corrected chi connectivity index (χ4v) is 6.67. The minimum atomic E-state index is -0.530. The van der Waals surface area contributed by atoms with Crippen LogP contribution in [-0.4, -0.2) is 57.7 Å². The summed E-state index contributed by atoms with van der Waals surface area (Å²) >= 11 is 8.59. The number of carbonyl (C=O) groups excluding carboxylic acids is 1. The molecule has 2 saturated heterocycles. The number of halogens is 2. The fourth-order valence-electron chi connectivity index (χ4n) is 5.53. The van der Waals surface area contributed by atoms with Crippen molar-refractivity contribution in [2.24, 2.45) is 5.41 Å².